The highest BCUT2D eigenvalue weighted by Gasteiger charge is 2.20. The van der Waals surface area contributed by atoms with Crippen LogP contribution in [0, 0.1) is 0 Å². The summed E-state index contributed by atoms with van der Waals surface area (Å²) in [5.74, 6) is -0.0302. The summed E-state index contributed by atoms with van der Waals surface area (Å²) < 4.78 is 0. The normalized spacial score (nSPS) is 14.4. The Morgan fingerprint density at radius 3 is 2.61 bits per heavy atom. The number of hydrogen-bond donors (Lipinski definition) is 2. The average molecular weight is 250 g/mol. The second kappa shape index (κ2) is 9.06. The molecule has 3 N–H and O–H groups in total. The zero-order valence-electron chi connectivity index (χ0n) is 11.4. The summed E-state index contributed by atoms with van der Waals surface area (Å²) in [7, 11) is 0. The molecule has 0 aromatic carbocycles. The molecule has 0 bridgehead atoms. The molecule has 1 rings (SSSR count). The van der Waals surface area contributed by atoms with Crippen LogP contribution >= 0.6 is 0 Å². The van der Waals surface area contributed by atoms with Gasteiger partial charge in [0.15, 0.2) is 0 Å². The highest BCUT2D eigenvalue weighted by Crippen LogP contribution is 2.20. The number of nitrogens with two attached hydrogens (primary N) is 1. The van der Waals surface area contributed by atoms with Crippen molar-refractivity contribution in [3.05, 3.63) is 30.1 Å². The van der Waals surface area contributed by atoms with E-state index in [1.165, 1.54) is 25.7 Å². The van der Waals surface area contributed by atoms with Crippen molar-refractivity contribution in [1.82, 2.24) is 4.98 Å². The first kappa shape index (κ1) is 15.1. The molecule has 0 amide bonds. The van der Waals surface area contributed by atoms with Crippen LogP contribution in [0.15, 0.2) is 24.4 Å². The maximum Gasteiger partial charge on any atom is 0.0636 e. The van der Waals surface area contributed by atoms with Crippen molar-refractivity contribution < 1.29 is 5.11 Å². The summed E-state index contributed by atoms with van der Waals surface area (Å²) in [4.78, 5) is 4.29. The minimum absolute atomic E-state index is 0.0302. The highest BCUT2D eigenvalue weighted by atomic mass is 16.3. The summed E-state index contributed by atoms with van der Waals surface area (Å²) in [5, 5.41) is 10.2. The number of aliphatic hydroxyl groups excluding tert-OH is 1. The molecule has 0 fully saturated rings. The third-order valence-electron chi connectivity index (χ3n) is 3.39. The number of hydrogen-bond acceptors (Lipinski definition) is 3. The molecule has 2 unspecified atom stereocenters. The first-order valence-corrected chi connectivity index (χ1v) is 7.08. The van der Waals surface area contributed by atoms with Gasteiger partial charge in [-0.05, 0) is 18.6 Å². The predicted octanol–water partition coefficient (Wildman–Crippen LogP) is 2.85. The standard InChI is InChI=1S/C15H26N2O/c1-2-3-4-5-6-10-15(18)13(12-16)14-9-7-8-11-17-14/h7-9,11,13,15,18H,2-6,10,12,16H2,1H3. The zero-order chi connectivity index (χ0) is 13.2. The molecule has 0 spiro atoms. The van der Waals surface area contributed by atoms with Crippen molar-refractivity contribution in [1.29, 1.82) is 0 Å². The Balaban J connectivity index is 2.36. The molecule has 1 aromatic heterocycles. The monoisotopic (exact) mass is 250 g/mol. The van der Waals surface area contributed by atoms with Crippen LogP contribution in [0.2, 0.25) is 0 Å². The predicted molar refractivity (Wildman–Crippen MR) is 75.4 cm³/mol. The van der Waals surface area contributed by atoms with Gasteiger partial charge in [0.2, 0.25) is 0 Å². The first-order chi connectivity index (χ1) is 8.79. The first-order valence-electron chi connectivity index (χ1n) is 7.08. The van der Waals surface area contributed by atoms with E-state index in [0.717, 1.165) is 18.5 Å². The summed E-state index contributed by atoms with van der Waals surface area (Å²) >= 11 is 0. The number of unbranched alkanes of at least 4 members (excludes halogenated alkanes) is 4. The molecular formula is C15H26N2O. The summed E-state index contributed by atoms with van der Waals surface area (Å²) in [6.07, 6.45) is 8.29. The smallest absolute Gasteiger partial charge is 0.0636 e. The van der Waals surface area contributed by atoms with E-state index < -0.39 is 0 Å². The molecule has 1 aromatic rings. The van der Waals surface area contributed by atoms with Crippen molar-refractivity contribution in [2.45, 2.75) is 57.5 Å². The van der Waals surface area contributed by atoms with Gasteiger partial charge in [-0.15, -0.1) is 0 Å². The molecule has 18 heavy (non-hydrogen) atoms. The minimum atomic E-state index is -0.369. The van der Waals surface area contributed by atoms with Crippen LogP contribution in [0.5, 0.6) is 0 Å². The van der Waals surface area contributed by atoms with Gasteiger partial charge in [0.05, 0.1) is 6.10 Å². The van der Waals surface area contributed by atoms with Crippen LogP contribution in [0.1, 0.15) is 57.1 Å². The molecule has 3 nitrogen and oxygen atoms in total. The van der Waals surface area contributed by atoms with Crippen LogP contribution in [-0.2, 0) is 0 Å². The Bertz CT molecular complexity index is 303. The fourth-order valence-corrected chi connectivity index (χ4v) is 2.23. The van der Waals surface area contributed by atoms with Gasteiger partial charge in [-0.1, -0.05) is 45.1 Å². The van der Waals surface area contributed by atoms with Crippen molar-refractivity contribution in [2.75, 3.05) is 6.54 Å². The Labute approximate surface area is 110 Å². The molecule has 1 heterocycles. The van der Waals surface area contributed by atoms with Crippen LogP contribution in [0.25, 0.3) is 0 Å². The molecule has 0 saturated heterocycles. The zero-order valence-corrected chi connectivity index (χ0v) is 11.4. The highest BCUT2D eigenvalue weighted by molar-refractivity contribution is 5.11. The van der Waals surface area contributed by atoms with Crippen LogP contribution in [0.3, 0.4) is 0 Å². The molecule has 2 atom stereocenters. The van der Waals surface area contributed by atoms with E-state index in [-0.39, 0.29) is 12.0 Å². The molecule has 0 aliphatic heterocycles. The molecule has 3 heteroatoms. The lowest BCUT2D eigenvalue weighted by Gasteiger charge is -2.20. The summed E-state index contributed by atoms with van der Waals surface area (Å²) in [6.45, 7) is 2.66. The van der Waals surface area contributed by atoms with E-state index in [9.17, 15) is 5.11 Å². The third-order valence-corrected chi connectivity index (χ3v) is 3.39. The van der Waals surface area contributed by atoms with Gasteiger partial charge in [-0.2, -0.15) is 0 Å². The van der Waals surface area contributed by atoms with Gasteiger partial charge < -0.3 is 10.8 Å². The Hall–Kier alpha value is -0.930. The van der Waals surface area contributed by atoms with Gasteiger partial charge in [-0.25, -0.2) is 0 Å². The maximum atomic E-state index is 10.2. The van der Waals surface area contributed by atoms with E-state index in [4.69, 9.17) is 5.73 Å². The quantitative estimate of drug-likeness (QED) is 0.663. The number of aromatic nitrogens is 1. The van der Waals surface area contributed by atoms with E-state index in [1.807, 2.05) is 18.2 Å². The largest absolute Gasteiger partial charge is 0.392 e. The van der Waals surface area contributed by atoms with Gasteiger partial charge in [0, 0.05) is 24.4 Å². The van der Waals surface area contributed by atoms with Gasteiger partial charge >= 0.3 is 0 Å². The number of rotatable bonds is 9. The molecule has 102 valence electrons. The molecule has 0 aliphatic carbocycles. The SMILES string of the molecule is CCCCCCCC(O)C(CN)c1ccccn1. The lowest BCUT2D eigenvalue weighted by Crippen LogP contribution is -2.26. The van der Waals surface area contributed by atoms with E-state index in [1.54, 1.807) is 6.20 Å². The summed E-state index contributed by atoms with van der Waals surface area (Å²) in [6, 6.07) is 5.77. The van der Waals surface area contributed by atoms with Crippen molar-refractivity contribution in [3.8, 4) is 0 Å². The average Bonchev–Trinajstić information content (AvgIpc) is 2.40. The minimum Gasteiger partial charge on any atom is -0.392 e. The topological polar surface area (TPSA) is 59.1 Å². The second-order valence-corrected chi connectivity index (χ2v) is 4.87. The summed E-state index contributed by atoms with van der Waals surface area (Å²) in [5.41, 5.74) is 6.66. The Kier molecular flexibility index (Phi) is 7.62. The fourth-order valence-electron chi connectivity index (χ4n) is 2.23. The Morgan fingerprint density at radius 1 is 1.22 bits per heavy atom. The van der Waals surface area contributed by atoms with Crippen LogP contribution < -0.4 is 5.73 Å². The van der Waals surface area contributed by atoms with E-state index in [0.29, 0.717) is 6.54 Å². The lowest BCUT2D eigenvalue weighted by atomic mass is 9.93. The molecule has 0 saturated carbocycles. The number of aliphatic hydroxyl groups is 1. The fraction of sp³-hybridized carbons (Fsp3) is 0.667. The Morgan fingerprint density at radius 2 is 2.00 bits per heavy atom. The van der Waals surface area contributed by atoms with Crippen LogP contribution in [-0.4, -0.2) is 22.7 Å². The molecule has 0 radical (unpaired) electrons. The number of pyridine rings is 1. The molecular weight excluding hydrogens is 224 g/mol. The van der Waals surface area contributed by atoms with Crippen LogP contribution in [0.4, 0.5) is 0 Å². The van der Waals surface area contributed by atoms with E-state index >= 15 is 0 Å². The molecule has 0 aliphatic rings. The van der Waals surface area contributed by atoms with Gasteiger partial charge in [-0.3, -0.25) is 4.98 Å². The van der Waals surface area contributed by atoms with E-state index in [2.05, 4.69) is 11.9 Å². The van der Waals surface area contributed by atoms with Gasteiger partial charge in [0.1, 0.15) is 0 Å². The second-order valence-electron chi connectivity index (χ2n) is 4.87. The van der Waals surface area contributed by atoms with Crippen molar-refractivity contribution in [2.24, 2.45) is 5.73 Å². The third kappa shape index (κ3) is 5.15. The maximum absolute atomic E-state index is 10.2. The van der Waals surface area contributed by atoms with Gasteiger partial charge in [0.25, 0.3) is 0 Å². The lowest BCUT2D eigenvalue weighted by molar-refractivity contribution is 0.130. The van der Waals surface area contributed by atoms with Crippen molar-refractivity contribution in [3.63, 3.8) is 0 Å². The number of nitrogens with zero attached hydrogens (tertiary/aromatic N) is 1. The van der Waals surface area contributed by atoms with Crippen molar-refractivity contribution >= 4 is 0 Å².